The number of allylic oxidation sites excluding steroid dienone is 2. The van der Waals surface area contributed by atoms with E-state index in [1.165, 1.54) is 6.08 Å². The van der Waals surface area contributed by atoms with E-state index in [2.05, 4.69) is 6.58 Å². The second-order valence-electron chi connectivity index (χ2n) is 1.69. The van der Waals surface area contributed by atoms with Crippen molar-refractivity contribution in [3.63, 3.8) is 0 Å². The van der Waals surface area contributed by atoms with Gasteiger partial charge < -0.3 is 5.11 Å². The topological polar surface area (TPSA) is 23.1 Å². The van der Waals surface area contributed by atoms with E-state index in [-0.39, 0.29) is 24.6 Å². The maximum absolute atomic E-state index is 10.1. The van der Waals surface area contributed by atoms with E-state index >= 15 is 0 Å². The van der Waals surface area contributed by atoms with E-state index in [0.29, 0.717) is 0 Å². The molecule has 0 radical (unpaired) electrons. The van der Waals surface area contributed by atoms with E-state index in [1.807, 2.05) is 13.8 Å². The van der Waals surface area contributed by atoms with Crippen LogP contribution in [0, 0.1) is 0 Å². The van der Waals surface area contributed by atoms with Crippen LogP contribution >= 0.6 is 0 Å². The maximum Gasteiger partial charge on any atom is 1.00 e. The van der Waals surface area contributed by atoms with Crippen molar-refractivity contribution in [3.8, 4) is 0 Å². The molecule has 0 saturated carbocycles. The molecular formula is C6H9LiO. The third-order valence-electron chi connectivity index (χ3n) is 0.450. The standard InChI is InChI=1S/C6H10O.Li/c1-5(2)4-6(3)7;/h4,7H,3H2,1-2H3;/q;+1/p-1. The summed E-state index contributed by atoms with van der Waals surface area (Å²) < 4.78 is 0. The summed E-state index contributed by atoms with van der Waals surface area (Å²) in [7, 11) is 0. The average Bonchev–Trinajstić information content (AvgIpc) is 1.27. The zero-order chi connectivity index (χ0) is 5.86. The Morgan fingerprint density at radius 2 is 1.88 bits per heavy atom. The van der Waals surface area contributed by atoms with Gasteiger partial charge in [0.1, 0.15) is 0 Å². The maximum atomic E-state index is 10.1. The van der Waals surface area contributed by atoms with E-state index in [9.17, 15) is 5.11 Å². The van der Waals surface area contributed by atoms with Crippen molar-refractivity contribution < 1.29 is 24.0 Å². The Morgan fingerprint density at radius 1 is 1.50 bits per heavy atom. The van der Waals surface area contributed by atoms with Crippen molar-refractivity contribution in [2.75, 3.05) is 0 Å². The predicted octanol–water partition coefficient (Wildman–Crippen LogP) is -2.17. The van der Waals surface area contributed by atoms with Gasteiger partial charge in [-0.3, -0.25) is 0 Å². The van der Waals surface area contributed by atoms with Crippen molar-refractivity contribution >= 4 is 0 Å². The van der Waals surface area contributed by atoms with Crippen LogP contribution in [-0.2, 0) is 0 Å². The van der Waals surface area contributed by atoms with Crippen molar-refractivity contribution in [1.82, 2.24) is 0 Å². The van der Waals surface area contributed by atoms with E-state index < -0.39 is 0 Å². The van der Waals surface area contributed by atoms with Crippen LogP contribution in [0.4, 0.5) is 0 Å². The predicted molar refractivity (Wildman–Crippen MR) is 28.6 cm³/mol. The average molecular weight is 104 g/mol. The van der Waals surface area contributed by atoms with E-state index in [4.69, 9.17) is 0 Å². The van der Waals surface area contributed by atoms with Gasteiger partial charge in [0.15, 0.2) is 0 Å². The van der Waals surface area contributed by atoms with Gasteiger partial charge in [-0.1, -0.05) is 11.6 Å². The molecule has 0 fully saturated rings. The van der Waals surface area contributed by atoms with Gasteiger partial charge in [0.2, 0.25) is 0 Å². The Labute approximate surface area is 62.3 Å². The monoisotopic (exact) mass is 104 g/mol. The molecule has 0 aromatic heterocycles. The van der Waals surface area contributed by atoms with Crippen molar-refractivity contribution in [2.24, 2.45) is 0 Å². The van der Waals surface area contributed by atoms with Crippen LogP contribution in [0.1, 0.15) is 13.8 Å². The first-order valence-corrected chi connectivity index (χ1v) is 2.14. The third-order valence-corrected chi connectivity index (χ3v) is 0.450. The van der Waals surface area contributed by atoms with Crippen molar-refractivity contribution in [1.29, 1.82) is 0 Å². The van der Waals surface area contributed by atoms with Gasteiger partial charge in [0.25, 0.3) is 0 Å². The molecule has 0 amide bonds. The Morgan fingerprint density at radius 3 is 1.88 bits per heavy atom. The Balaban J connectivity index is 0. The minimum atomic E-state index is -0.125. The summed E-state index contributed by atoms with van der Waals surface area (Å²) in [6.07, 6.45) is 1.50. The molecule has 0 bridgehead atoms. The molecule has 0 aliphatic carbocycles. The summed E-state index contributed by atoms with van der Waals surface area (Å²) in [5.74, 6) is -0.125. The molecule has 1 nitrogen and oxygen atoms in total. The summed E-state index contributed by atoms with van der Waals surface area (Å²) >= 11 is 0. The molecule has 0 rings (SSSR count). The summed E-state index contributed by atoms with van der Waals surface area (Å²) in [6.45, 7) is 6.89. The minimum Gasteiger partial charge on any atom is -0.873 e. The molecule has 0 saturated heterocycles. The molecule has 0 N–H and O–H groups in total. The van der Waals surface area contributed by atoms with Crippen LogP contribution in [-0.4, -0.2) is 0 Å². The Bertz CT molecular complexity index is 101. The Kier molecular flexibility index (Phi) is 6.77. The Hall–Kier alpha value is -0.123. The second-order valence-corrected chi connectivity index (χ2v) is 1.69. The summed E-state index contributed by atoms with van der Waals surface area (Å²) in [4.78, 5) is 0. The largest absolute Gasteiger partial charge is 1.00 e. The molecule has 0 aromatic carbocycles. The number of hydrogen-bond acceptors (Lipinski definition) is 1. The fraction of sp³-hybridized carbons (Fsp3) is 0.333. The summed E-state index contributed by atoms with van der Waals surface area (Å²) in [5.41, 5.74) is 1.00. The van der Waals surface area contributed by atoms with Gasteiger partial charge in [-0.2, -0.15) is 0 Å². The van der Waals surface area contributed by atoms with E-state index in [0.717, 1.165) is 5.57 Å². The van der Waals surface area contributed by atoms with Crippen LogP contribution in [0.5, 0.6) is 0 Å². The fourth-order valence-corrected chi connectivity index (χ4v) is 0.322. The van der Waals surface area contributed by atoms with Gasteiger partial charge in [0, 0.05) is 0 Å². The normalized spacial score (nSPS) is 6.75. The first kappa shape index (κ1) is 10.8. The summed E-state index contributed by atoms with van der Waals surface area (Å²) in [5, 5.41) is 10.1. The van der Waals surface area contributed by atoms with Crippen LogP contribution in [0.25, 0.3) is 0 Å². The van der Waals surface area contributed by atoms with Gasteiger partial charge >= 0.3 is 18.9 Å². The quantitative estimate of drug-likeness (QED) is 0.211. The van der Waals surface area contributed by atoms with Gasteiger partial charge in [-0.15, -0.1) is 12.3 Å². The van der Waals surface area contributed by atoms with Gasteiger partial charge in [-0.25, -0.2) is 0 Å². The molecule has 0 aliphatic heterocycles. The van der Waals surface area contributed by atoms with Crippen molar-refractivity contribution in [2.45, 2.75) is 13.8 Å². The SMILES string of the molecule is C=C([O-])C=C(C)C.[Li+]. The molecule has 0 aromatic rings. The number of rotatable bonds is 1. The zero-order valence-electron chi connectivity index (χ0n) is 5.69. The molecule has 0 heterocycles. The van der Waals surface area contributed by atoms with Crippen LogP contribution < -0.4 is 24.0 Å². The smallest absolute Gasteiger partial charge is 0.873 e. The molecule has 0 aliphatic rings. The zero-order valence-corrected chi connectivity index (χ0v) is 5.69. The second kappa shape index (κ2) is 5.02. The third kappa shape index (κ3) is 9.30. The molecule has 0 atom stereocenters. The van der Waals surface area contributed by atoms with E-state index in [1.54, 1.807) is 0 Å². The molecular weight excluding hydrogens is 95.0 g/mol. The molecule has 8 heavy (non-hydrogen) atoms. The van der Waals surface area contributed by atoms with Gasteiger partial charge in [0.05, 0.1) is 0 Å². The summed E-state index contributed by atoms with van der Waals surface area (Å²) in [6, 6.07) is 0. The molecule has 40 valence electrons. The molecule has 0 spiro atoms. The minimum absolute atomic E-state index is 0. The fourth-order valence-electron chi connectivity index (χ4n) is 0.322. The van der Waals surface area contributed by atoms with Crippen LogP contribution in [0.2, 0.25) is 0 Å². The molecule has 0 unspecified atom stereocenters. The first-order valence-electron chi connectivity index (χ1n) is 2.14. The van der Waals surface area contributed by atoms with Crippen molar-refractivity contribution in [3.05, 3.63) is 24.0 Å². The van der Waals surface area contributed by atoms with Gasteiger partial charge in [-0.05, 0) is 13.8 Å². The first-order chi connectivity index (χ1) is 3.13. The van der Waals surface area contributed by atoms with Crippen LogP contribution in [0.3, 0.4) is 0 Å². The van der Waals surface area contributed by atoms with Crippen LogP contribution in [0.15, 0.2) is 24.0 Å². The molecule has 2 heteroatoms. The number of hydrogen-bond donors (Lipinski definition) is 0.